The number of nitrogens with zero attached hydrogens (tertiary/aromatic N) is 1. The Morgan fingerprint density at radius 2 is 1.63 bits per heavy atom. The summed E-state index contributed by atoms with van der Waals surface area (Å²) in [5.74, 6) is 2.42. The molecule has 0 bridgehead atoms. The minimum Gasteiger partial charge on any atom is -0.444 e. The van der Waals surface area contributed by atoms with Crippen LogP contribution in [0, 0.1) is 23.7 Å². The van der Waals surface area contributed by atoms with Crippen LogP contribution in [0.3, 0.4) is 0 Å². The number of likely N-dealkylation sites (tertiary alicyclic amines) is 1. The maximum atomic E-state index is 13.2. The first-order chi connectivity index (χ1) is 16.4. The molecule has 0 aromatic rings. The Morgan fingerprint density at radius 1 is 0.971 bits per heavy atom. The van der Waals surface area contributed by atoms with Crippen LogP contribution in [0.2, 0.25) is 13.1 Å². The summed E-state index contributed by atoms with van der Waals surface area (Å²) in [7, 11) is -2.17. The number of alkyl carbamates (subject to hydrolysis) is 1. The smallest absolute Gasteiger partial charge is 0.407 e. The van der Waals surface area contributed by atoms with Crippen LogP contribution in [-0.2, 0) is 14.3 Å². The van der Waals surface area contributed by atoms with E-state index in [2.05, 4.69) is 10.2 Å². The van der Waals surface area contributed by atoms with E-state index in [0.29, 0.717) is 36.4 Å². The van der Waals surface area contributed by atoms with E-state index in [1.54, 1.807) is 0 Å². The van der Waals surface area contributed by atoms with Gasteiger partial charge in [0.1, 0.15) is 5.60 Å². The van der Waals surface area contributed by atoms with Gasteiger partial charge in [-0.05, 0) is 103 Å². The molecule has 0 radical (unpaired) electrons. The molecule has 2 saturated carbocycles. The molecule has 3 aliphatic rings. The van der Waals surface area contributed by atoms with Crippen molar-refractivity contribution in [1.29, 1.82) is 0 Å². The van der Waals surface area contributed by atoms with Gasteiger partial charge in [0.25, 0.3) is 0 Å². The fraction of sp³-hybridized carbons (Fsp3) is 0.926. The van der Waals surface area contributed by atoms with E-state index < -0.39 is 13.9 Å². The highest BCUT2D eigenvalue weighted by Gasteiger charge is 2.35. The van der Waals surface area contributed by atoms with Crippen LogP contribution in [0.1, 0.15) is 85.0 Å². The minimum absolute atomic E-state index is 0.142. The van der Waals surface area contributed by atoms with E-state index in [1.165, 1.54) is 25.7 Å². The molecule has 202 valence electrons. The average Bonchev–Trinajstić information content (AvgIpc) is 2.80. The lowest BCUT2D eigenvalue weighted by Crippen LogP contribution is -2.45. The first kappa shape index (κ1) is 28.4. The predicted octanol–water partition coefficient (Wildman–Crippen LogP) is 4.87. The van der Waals surface area contributed by atoms with Gasteiger partial charge >= 0.3 is 6.09 Å². The number of hydrogen-bond acceptors (Lipinski definition) is 5. The molecule has 0 aromatic heterocycles. The van der Waals surface area contributed by atoms with Crippen molar-refractivity contribution in [3.63, 3.8) is 0 Å². The summed E-state index contributed by atoms with van der Waals surface area (Å²) in [5, 5.41) is 2.98. The zero-order valence-electron chi connectivity index (χ0n) is 22.8. The molecule has 0 spiro atoms. The van der Waals surface area contributed by atoms with Crippen LogP contribution in [-0.4, -0.2) is 67.6 Å². The van der Waals surface area contributed by atoms with Crippen LogP contribution in [0.25, 0.3) is 0 Å². The number of rotatable bonds is 7. The molecule has 2 aliphatic carbocycles. The molecule has 8 heteroatoms. The second-order valence-corrected chi connectivity index (χ2v) is 16.8. The zero-order valence-corrected chi connectivity index (χ0v) is 23.8. The Bertz CT molecular complexity index is 689. The topological polar surface area (TPSA) is 88.1 Å². The molecule has 3 rings (SSSR count). The Hall–Kier alpha value is -1.12. The second kappa shape index (κ2) is 12.4. The van der Waals surface area contributed by atoms with Gasteiger partial charge in [-0.3, -0.25) is 4.79 Å². The Labute approximate surface area is 213 Å². The van der Waals surface area contributed by atoms with E-state index in [-0.39, 0.29) is 18.1 Å². The van der Waals surface area contributed by atoms with Crippen LogP contribution >= 0.6 is 0 Å². The number of hydrogen-bond donors (Lipinski definition) is 2. The summed E-state index contributed by atoms with van der Waals surface area (Å²) in [6, 6.07) is 0. The van der Waals surface area contributed by atoms with Crippen molar-refractivity contribution >= 4 is 20.3 Å². The van der Waals surface area contributed by atoms with Crippen LogP contribution in [0.5, 0.6) is 0 Å². The summed E-state index contributed by atoms with van der Waals surface area (Å²) >= 11 is 0. The SMILES string of the molecule is CC(C)(C)OC(=O)NCC1CCCC(C2CCN(C(=O)C3CCC(OC[Si](C)(C)O)CC3)CC2)C1. The highest BCUT2D eigenvalue weighted by atomic mass is 28.4. The Kier molecular flexibility index (Phi) is 10.1. The molecular formula is C27H50N2O5Si. The molecule has 1 aliphatic heterocycles. The van der Waals surface area contributed by atoms with Gasteiger partial charge in [-0.1, -0.05) is 12.8 Å². The van der Waals surface area contributed by atoms with Crippen molar-refractivity contribution in [2.75, 3.05) is 25.9 Å². The molecule has 1 heterocycles. The van der Waals surface area contributed by atoms with E-state index in [0.717, 1.165) is 51.6 Å². The number of ether oxygens (including phenoxy) is 2. The van der Waals surface area contributed by atoms with Gasteiger partial charge < -0.3 is 24.5 Å². The van der Waals surface area contributed by atoms with Gasteiger partial charge in [-0.25, -0.2) is 4.79 Å². The molecule has 3 fully saturated rings. The van der Waals surface area contributed by atoms with Gasteiger partial charge in [0.2, 0.25) is 14.2 Å². The summed E-state index contributed by atoms with van der Waals surface area (Å²) in [4.78, 5) is 37.3. The average molecular weight is 511 g/mol. The van der Waals surface area contributed by atoms with Crippen molar-refractivity contribution in [3.05, 3.63) is 0 Å². The first-order valence-corrected chi connectivity index (χ1v) is 17.1. The lowest BCUT2D eigenvalue weighted by atomic mass is 9.72. The quantitative estimate of drug-likeness (QED) is 0.477. The third-order valence-electron chi connectivity index (χ3n) is 7.97. The van der Waals surface area contributed by atoms with Crippen LogP contribution in [0.4, 0.5) is 4.79 Å². The van der Waals surface area contributed by atoms with Gasteiger partial charge in [-0.15, -0.1) is 0 Å². The largest absolute Gasteiger partial charge is 0.444 e. The summed E-state index contributed by atoms with van der Waals surface area (Å²) in [6.07, 6.45) is 11.1. The highest BCUT2D eigenvalue weighted by molar-refractivity contribution is 6.69. The number of carbonyl (C=O) groups is 2. The monoisotopic (exact) mass is 510 g/mol. The van der Waals surface area contributed by atoms with Crippen molar-refractivity contribution in [2.24, 2.45) is 23.7 Å². The molecule has 7 nitrogen and oxygen atoms in total. The van der Waals surface area contributed by atoms with Crippen molar-refractivity contribution in [3.8, 4) is 0 Å². The number of piperidine rings is 1. The molecule has 2 N–H and O–H groups in total. The van der Waals surface area contributed by atoms with Gasteiger partial charge in [0.05, 0.1) is 12.3 Å². The second-order valence-electron chi connectivity index (χ2n) is 12.9. The lowest BCUT2D eigenvalue weighted by molar-refractivity contribution is -0.139. The normalized spacial score (nSPS) is 29.0. The first-order valence-electron chi connectivity index (χ1n) is 14.0. The molecular weight excluding hydrogens is 460 g/mol. The molecule has 0 aromatic carbocycles. The molecule has 2 atom stereocenters. The predicted molar refractivity (Wildman–Crippen MR) is 140 cm³/mol. The van der Waals surface area contributed by atoms with Crippen molar-refractivity contribution < 1.29 is 23.9 Å². The third-order valence-corrected chi connectivity index (χ3v) is 8.84. The lowest BCUT2D eigenvalue weighted by Gasteiger charge is -2.41. The Balaban J connectivity index is 1.36. The van der Waals surface area contributed by atoms with Gasteiger partial charge in [0.15, 0.2) is 0 Å². The van der Waals surface area contributed by atoms with Crippen LogP contribution < -0.4 is 5.32 Å². The Morgan fingerprint density at radius 3 is 2.23 bits per heavy atom. The maximum absolute atomic E-state index is 13.2. The van der Waals surface area contributed by atoms with Crippen LogP contribution in [0.15, 0.2) is 0 Å². The van der Waals surface area contributed by atoms with E-state index >= 15 is 0 Å². The standard InChI is InChI=1S/C27H50N2O5Si/c1-27(2,3)34-26(31)28-18-20-7-6-8-23(17-20)21-13-15-29(16-14-21)25(30)22-9-11-24(12-10-22)33-19-35(4,5)32/h20-24,32H,6-19H2,1-5H3,(H,28,31). The summed E-state index contributed by atoms with van der Waals surface area (Å²) in [5.41, 5.74) is -0.462. The summed E-state index contributed by atoms with van der Waals surface area (Å²) < 4.78 is 11.3. The summed E-state index contributed by atoms with van der Waals surface area (Å²) in [6.45, 7) is 12.0. The maximum Gasteiger partial charge on any atom is 0.407 e. The number of nitrogens with one attached hydrogen (secondary N) is 1. The third kappa shape index (κ3) is 9.69. The fourth-order valence-electron chi connectivity index (χ4n) is 6.14. The van der Waals surface area contributed by atoms with E-state index in [9.17, 15) is 14.4 Å². The minimum atomic E-state index is -2.17. The van der Waals surface area contributed by atoms with Gasteiger partial charge in [-0.2, -0.15) is 0 Å². The molecule has 2 unspecified atom stereocenters. The number of carbonyl (C=O) groups excluding carboxylic acids is 2. The molecule has 2 amide bonds. The molecule has 1 saturated heterocycles. The van der Waals surface area contributed by atoms with Crippen molar-refractivity contribution in [2.45, 2.75) is 110 Å². The van der Waals surface area contributed by atoms with Crippen molar-refractivity contribution in [1.82, 2.24) is 10.2 Å². The zero-order chi connectivity index (χ0) is 25.6. The highest BCUT2D eigenvalue weighted by Crippen LogP contribution is 2.39. The molecule has 35 heavy (non-hydrogen) atoms. The van der Waals surface area contributed by atoms with Gasteiger partial charge in [0, 0.05) is 25.6 Å². The van der Waals surface area contributed by atoms with E-state index in [1.807, 2.05) is 33.9 Å². The number of amides is 2. The van der Waals surface area contributed by atoms with E-state index in [4.69, 9.17) is 9.47 Å². The fourth-order valence-corrected chi connectivity index (χ4v) is 6.78.